The van der Waals surface area contributed by atoms with Gasteiger partial charge in [0.05, 0.1) is 6.61 Å². The molecule has 0 N–H and O–H groups in total. The molecule has 0 radical (unpaired) electrons. The fourth-order valence-electron chi connectivity index (χ4n) is 1.62. The van der Waals surface area contributed by atoms with Crippen LogP contribution in [0.3, 0.4) is 0 Å². The first kappa shape index (κ1) is 15.6. The van der Waals surface area contributed by atoms with Crippen LogP contribution < -0.4 is 0 Å². The lowest BCUT2D eigenvalue weighted by Gasteiger charge is -2.17. The summed E-state index contributed by atoms with van der Waals surface area (Å²) >= 11 is 0. The molecule has 2 aromatic rings. The van der Waals surface area contributed by atoms with E-state index in [9.17, 15) is 17.2 Å². The van der Waals surface area contributed by atoms with Crippen molar-refractivity contribution in [1.82, 2.24) is 4.47 Å². The maximum atomic E-state index is 13.6. The highest BCUT2D eigenvalue weighted by Crippen LogP contribution is 2.20. The maximum Gasteiger partial charge on any atom is 0.267 e. The van der Waals surface area contributed by atoms with Crippen LogP contribution in [-0.2, 0) is 21.5 Å². The van der Waals surface area contributed by atoms with E-state index in [0.717, 1.165) is 24.7 Å². The van der Waals surface area contributed by atoms with Crippen molar-refractivity contribution in [2.45, 2.75) is 11.5 Å². The summed E-state index contributed by atoms with van der Waals surface area (Å²) in [6.45, 7) is -0.00644. The monoisotopic (exact) mass is 313 g/mol. The second-order valence-corrected chi connectivity index (χ2v) is 6.15. The number of hydroxylamine groups is 1. The molecule has 0 saturated carbocycles. The Bertz CT molecular complexity index is 720. The minimum atomic E-state index is -4.27. The third-order valence-corrected chi connectivity index (χ3v) is 4.42. The second kappa shape index (κ2) is 6.30. The Morgan fingerprint density at radius 2 is 1.76 bits per heavy atom. The van der Waals surface area contributed by atoms with Gasteiger partial charge in [-0.05, 0) is 23.8 Å². The Balaban J connectivity index is 2.17. The first-order valence-electron chi connectivity index (χ1n) is 6.02. The minimum absolute atomic E-state index is 0.00644. The Morgan fingerprint density at radius 1 is 1.10 bits per heavy atom. The first-order chi connectivity index (χ1) is 9.91. The number of rotatable bonds is 5. The Hall–Kier alpha value is -1.83. The fourth-order valence-corrected chi connectivity index (χ4v) is 2.67. The van der Waals surface area contributed by atoms with Gasteiger partial charge >= 0.3 is 0 Å². The summed E-state index contributed by atoms with van der Waals surface area (Å²) < 4.78 is 51.4. The topological polar surface area (TPSA) is 46.6 Å². The van der Waals surface area contributed by atoms with E-state index < -0.39 is 26.6 Å². The van der Waals surface area contributed by atoms with Gasteiger partial charge in [0.25, 0.3) is 10.0 Å². The van der Waals surface area contributed by atoms with Crippen molar-refractivity contribution in [2.24, 2.45) is 0 Å². The molecule has 0 aliphatic carbocycles. The predicted octanol–water partition coefficient (Wildman–Crippen LogP) is 2.72. The van der Waals surface area contributed by atoms with Gasteiger partial charge in [0.1, 0.15) is 16.5 Å². The summed E-state index contributed by atoms with van der Waals surface area (Å²) in [7, 11) is -3.14. The molecule has 21 heavy (non-hydrogen) atoms. The van der Waals surface area contributed by atoms with E-state index >= 15 is 0 Å². The lowest BCUT2D eigenvalue weighted by Crippen LogP contribution is -2.28. The van der Waals surface area contributed by atoms with Crippen molar-refractivity contribution in [3.63, 3.8) is 0 Å². The molecule has 7 heteroatoms. The van der Waals surface area contributed by atoms with Crippen molar-refractivity contribution in [1.29, 1.82) is 0 Å². The van der Waals surface area contributed by atoms with Crippen molar-refractivity contribution >= 4 is 10.0 Å². The summed E-state index contributed by atoms with van der Waals surface area (Å²) in [5, 5.41) is 0. The Labute approximate surface area is 121 Å². The number of hydrogen-bond acceptors (Lipinski definition) is 3. The molecule has 4 nitrogen and oxygen atoms in total. The molecule has 0 bridgehead atoms. The number of sulfonamides is 1. The van der Waals surface area contributed by atoms with Crippen LogP contribution in [0, 0.1) is 11.6 Å². The van der Waals surface area contributed by atoms with Crippen LogP contribution in [0.1, 0.15) is 5.56 Å². The van der Waals surface area contributed by atoms with Crippen LogP contribution in [0.25, 0.3) is 0 Å². The molecule has 0 unspecified atom stereocenters. The average Bonchev–Trinajstić information content (AvgIpc) is 2.48. The van der Waals surface area contributed by atoms with Gasteiger partial charge in [-0.15, -0.1) is 0 Å². The molecule has 0 aromatic heterocycles. The molecule has 0 fully saturated rings. The summed E-state index contributed by atoms with van der Waals surface area (Å²) in [6, 6.07) is 11.1. The lowest BCUT2D eigenvalue weighted by atomic mass is 10.2. The van der Waals surface area contributed by atoms with E-state index in [-0.39, 0.29) is 6.61 Å². The molecule has 0 aliphatic rings. The summed E-state index contributed by atoms with van der Waals surface area (Å²) in [4.78, 5) is 4.33. The SMILES string of the molecule is CN(OCc1ccccc1)S(=O)(=O)c1cc(F)ccc1F. The van der Waals surface area contributed by atoms with E-state index in [1.165, 1.54) is 0 Å². The molecule has 0 saturated heterocycles. The van der Waals surface area contributed by atoms with E-state index in [2.05, 4.69) is 0 Å². The highest BCUT2D eigenvalue weighted by Gasteiger charge is 2.26. The normalized spacial score (nSPS) is 11.8. The fraction of sp³-hybridized carbons (Fsp3) is 0.143. The van der Waals surface area contributed by atoms with Crippen LogP contribution in [0.2, 0.25) is 0 Å². The molecule has 0 atom stereocenters. The molecular weight excluding hydrogens is 300 g/mol. The molecular formula is C14H13F2NO3S. The zero-order chi connectivity index (χ0) is 15.5. The van der Waals surface area contributed by atoms with Crippen LogP contribution in [0.4, 0.5) is 8.78 Å². The summed E-state index contributed by atoms with van der Waals surface area (Å²) in [5.41, 5.74) is 0.749. The van der Waals surface area contributed by atoms with E-state index in [0.29, 0.717) is 10.5 Å². The van der Waals surface area contributed by atoms with Gasteiger partial charge in [-0.1, -0.05) is 34.8 Å². The van der Waals surface area contributed by atoms with Gasteiger partial charge < -0.3 is 0 Å². The summed E-state index contributed by atoms with van der Waals surface area (Å²) in [5.74, 6) is -1.88. The van der Waals surface area contributed by atoms with Crippen LogP contribution in [0.5, 0.6) is 0 Å². The number of halogens is 2. The van der Waals surface area contributed by atoms with Gasteiger partial charge in [-0.2, -0.15) is 0 Å². The zero-order valence-electron chi connectivity index (χ0n) is 11.2. The standard InChI is InChI=1S/C14H13F2NO3S/c1-17(20-10-11-5-3-2-4-6-11)21(18,19)14-9-12(15)7-8-13(14)16/h2-9H,10H2,1H3. The summed E-state index contributed by atoms with van der Waals surface area (Å²) in [6.07, 6.45) is 0. The second-order valence-electron chi connectivity index (χ2n) is 4.25. The number of nitrogens with zero attached hydrogens (tertiary/aromatic N) is 1. The third kappa shape index (κ3) is 3.63. The highest BCUT2D eigenvalue weighted by atomic mass is 32.2. The molecule has 0 spiro atoms. The largest absolute Gasteiger partial charge is 0.279 e. The van der Waals surface area contributed by atoms with Crippen molar-refractivity contribution in [2.75, 3.05) is 7.05 Å². The molecule has 2 rings (SSSR count). The zero-order valence-corrected chi connectivity index (χ0v) is 12.0. The lowest BCUT2D eigenvalue weighted by molar-refractivity contribution is -0.0771. The number of benzene rings is 2. The quantitative estimate of drug-likeness (QED) is 0.797. The molecule has 0 amide bonds. The van der Waals surface area contributed by atoms with E-state index in [1.807, 2.05) is 6.07 Å². The van der Waals surface area contributed by atoms with Crippen LogP contribution >= 0.6 is 0 Å². The van der Waals surface area contributed by atoms with Crippen LogP contribution in [0.15, 0.2) is 53.4 Å². The number of hydrogen-bond donors (Lipinski definition) is 0. The van der Waals surface area contributed by atoms with Crippen LogP contribution in [-0.4, -0.2) is 19.9 Å². The smallest absolute Gasteiger partial charge is 0.267 e. The van der Waals surface area contributed by atoms with Crippen molar-refractivity contribution in [3.05, 3.63) is 65.7 Å². The molecule has 2 aromatic carbocycles. The van der Waals surface area contributed by atoms with Crippen molar-refractivity contribution < 1.29 is 22.0 Å². The first-order valence-corrected chi connectivity index (χ1v) is 7.46. The highest BCUT2D eigenvalue weighted by molar-refractivity contribution is 7.89. The van der Waals surface area contributed by atoms with E-state index in [4.69, 9.17) is 4.84 Å². The Kier molecular flexibility index (Phi) is 4.66. The van der Waals surface area contributed by atoms with Gasteiger partial charge in [-0.3, -0.25) is 4.84 Å². The Morgan fingerprint density at radius 3 is 2.43 bits per heavy atom. The van der Waals surface area contributed by atoms with E-state index in [1.54, 1.807) is 24.3 Å². The maximum absolute atomic E-state index is 13.6. The molecule has 112 valence electrons. The molecule has 0 heterocycles. The predicted molar refractivity (Wildman–Crippen MR) is 72.5 cm³/mol. The van der Waals surface area contributed by atoms with Gasteiger partial charge in [-0.25, -0.2) is 17.2 Å². The average molecular weight is 313 g/mol. The van der Waals surface area contributed by atoms with Gasteiger partial charge in [0.15, 0.2) is 0 Å². The van der Waals surface area contributed by atoms with Crippen molar-refractivity contribution in [3.8, 4) is 0 Å². The third-order valence-electron chi connectivity index (χ3n) is 2.77. The van der Waals surface area contributed by atoms with Gasteiger partial charge in [0, 0.05) is 7.05 Å². The van der Waals surface area contributed by atoms with Gasteiger partial charge in [0.2, 0.25) is 0 Å². The minimum Gasteiger partial charge on any atom is -0.279 e. The molecule has 0 aliphatic heterocycles.